The van der Waals surface area contributed by atoms with Gasteiger partial charge in [0.2, 0.25) is 0 Å². The van der Waals surface area contributed by atoms with Gasteiger partial charge in [-0.1, -0.05) is 38.5 Å². The molecule has 0 spiro atoms. The molecule has 0 radical (unpaired) electrons. The highest BCUT2D eigenvalue weighted by Crippen LogP contribution is 2.19. The van der Waals surface area contributed by atoms with Crippen LogP contribution in [0.15, 0.2) is 0 Å². The van der Waals surface area contributed by atoms with Crippen LogP contribution in [0.3, 0.4) is 0 Å². The van der Waals surface area contributed by atoms with Crippen LogP contribution in [0.4, 0.5) is 0 Å². The second-order valence-electron chi connectivity index (χ2n) is 5.66. The first-order valence-corrected chi connectivity index (χ1v) is 8.22. The van der Waals surface area contributed by atoms with E-state index in [1.165, 1.54) is 38.5 Å². The molecule has 2 fully saturated rings. The Labute approximate surface area is 126 Å². The van der Waals surface area contributed by atoms with Crippen molar-refractivity contribution in [1.82, 2.24) is 0 Å². The predicted octanol–water partition coefficient (Wildman–Crippen LogP) is 3.80. The molecule has 2 aliphatic rings. The number of unbranched alkanes of at least 4 members (excludes halogenated alkanes) is 7. The Morgan fingerprint density at radius 3 is 1.86 bits per heavy atom. The molecular formula is C15H28O6. The molecule has 1 unspecified atom stereocenters. The molecular weight excluding hydrogens is 276 g/mol. The molecule has 2 saturated heterocycles. The van der Waals surface area contributed by atoms with Crippen molar-refractivity contribution in [3.63, 3.8) is 0 Å². The zero-order valence-electron chi connectivity index (χ0n) is 13.0. The summed E-state index contributed by atoms with van der Waals surface area (Å²) >= 11 is 0. The minimum Gasteiger partial charge on any atom is -0.320 e. The molecule has 124 valence electrons. The van der Waals surface area contributed by atoms with Gasteiger partial charge in [-0.05, 0) is 19.8 Å². The van der Waals surface area contributed by atoms with Crippen molar-refractivity contribution in [2.45, 2.75) is 90.0 Å². The summed E-state index contributed by atoms with van der Waals surface area (Å²) < 4.78 is 10.6. The van der Waals surface area contributed by atoms with Crippen LogP contribution in [0.1, 0.15) is 71.1 Å². The van der Waals surface area contributed by atoms with Gasteiger partial charge < -0.3 is 9.47 Å². The van der Waals surface area contributed by atoms with E-state index < -0.39 is 0 Å². The van der Waals surface area contributed by atoms with E-state index in [2.05, 4.69) is 4.89 Å². The van der Waals surface area contributed by atoms with E-state index in [9.17, 15) is 0 Å². The number of rotatable bonds is 11. The second kappa shape index (κ2) is 10.5. The molecule has 2 heterocycles. The molecule has 2 aliphatic heterocycles. The average molecular weight is 304 g/mol. The van der Waals surface area contributed by atoms with Gasteiger partial charge in [-0.3, -0.25) is 0 Å². The lowest BCUT2D eigenvalue weighted by atomic mass is 10.1. The number of ether oxygens (including phenoxy) is 2. The Balaban J connectivity index is 1.28. The maximum Gasteiger partial charge on any atom is 0.194 e. The molecule has 2 rings (SSSR count). The molecule has 6 heteroatoms. The summed E-state index contributed by atoms with van der Waals surface area (Å²) in [4.78, 5) is 19.5. The lowest BCUT2D eigenvalue weighted by molar-refractivity contribution is -0.294. The van der Waals surface area contributed by atoms with Crippen LogP contribution in [-0.4, -0.2) is 25.7 Å². The van der Waals surface area contributed by atoms with Crippen molar-refractivity contribution >= 4 is 0 Å². The molecule has 0 saturated carbocycles. The van der Waals surface area contributed by atoms with Gasteiger partial charge >= 0.3 is 0 Å². The molecule has 0 aromatic heterocycles. The van der Waals surface area contributed by atoms with Gasteiger partial charge in [0, 0.05) is 12.8 Å². The van der Waals surface area contributed by atoms with E-state index in [4.69, 9.17) is 24.1 Å². The lowest BCUT2D eigenvalue weighted by Gasteiger charge is -2.07. The van der Waals surface area contributed by atoms with Gasteiger partial charge in [-0.15, -0.1) is 0 Å². The van der Waals surface area contributed by atoms with E-state index in [0.717, 1.165) is 25.7 Å². The van der Waals surface area contributed by atoms with Gasteiger partial charge in [0.1, 0.15) is 0 Å². The summed E-state index contributed by atoms with van der Waals surface area (Å²) in [6.45, 7) is 2.12. The summed E-state index contributed by atoms with van der Waals surface area (Å²) in [5, 5.41) is 0. The Hall–Kier alpha value is -0.240. The van der Waals surface area contributed by atoms with Crippen LogP contribution in [0.2, 0.25) is 0 Å². The highest BCUT2D eigenvalue weighted by molar-refractivity contribution is 4.52. The van der Waals surface area contributed by atoms with Crippen LogP contribution >= 0.6 is 0 Å². The van der Waals surface area contributed by atoms with E-state index in [-0.39, 0.29) is 25.7 Å². The lowest BCUT2D eigenvalue weighted by Crippen LogP contribution is -2.08. The molecule has 0 amide bonds. The van der Waals surface area contributed by atoms with Crippen molar-refractivity contribution in [3.05, 3.63) is 0 Å². The minimum absolute atomic E-state index is 0.142. The highest BCUT2D eigenvalue weighted by Gasteiger charge is 2.23. The van der Waals surface area contributed by atoms with Crippen LogP contribution in [0.5, 0.6) is 0 Å². The maximum atomic E-state index is 5.40. The zero-order valence-corrected chi connectivity index (χ0v) is 13.0. The molecule has 3 atom stereocenters. The van der Waals surface area contributed by atoms with E-state index in [1.54, 1.807) is 0 Å². The van der Waals surface area contributed by atoms with Crippen LogP contribution in [0.25, 0.3) is 0 Å². The molecule has 0 aliphatic carbocycles. The quantitative estimate of drug-likeness (QED) is 0.427. The average Bonchev–Trinajstić information content (AvgIpc) is 3.12. The third-order valence-electron chi connectivity index (χ3n) is 3.75. The van der Waals surface area contributed by atoms with Crippen molar-refractivity contribution < 1.29 is 29.0 Å². The summed E-state index contributed by atoms with van der Waals surface area (Å²) in [5.74, 6) is 0. The summed E-state index contributed by atoms with van der Waals surface area (Å²) in [6.07, 6.45) is 11.3. The third-order valence-corrected chi connectivity index (χ3v) is 3.75. The largest absolute Gasteiger partial charge is 0.320 e. The summed E-state index contributed by atoms with van der Waals surface area (Å²) in [5.41, 5.74) is 0. The Morgan fingerprint density at radius 1 is 0.714 bits per heavy atom. The monoisotopic (exact) mass is 304 g/mol. The second-order valence-corrected chi connectivity index (χ2v) is 5.66. The number of hydrogen-bond acceptors (Lipinski definition) is 6. The fraction of sp³-hybridized carbons (Fsp3) is 1.00. The first-order chi connectivity index (χ1) is 10.3. The van der Waals surface area contributed by atoms with Crippen LogP contribution in [-0.2, 0) is 29.0 Å². The summed E-state index contributed by atoms with van der Waals surface area (Å²) in [7, 11) is 0. The maximum absolute atomic E-state index is 5.40. The smallest absolute Gasteiger partial charge is 0.194 e. The van der Waals surface area contributed by atoms with Crippen molar-refractivity contribution in [1.29, 1.82) is 0 Å². The van der Waals surface area contributed by atoms with Crippen molar-refractivity contribution in [2.24, 2.45) is 0 Å². The minimum atomic E-state index is -0.221. The standard InChI is InChI=1S/C15H28O6/c1-13-18-15(21-19-13)11-9-7-5-3-2-4-6-8-10-14-16-12-17-20-14/h13-15H,2-12H2,1H3/t13-,14?,15-/m0/s1. The first kappa shape index (κ1) is 17.1. The van der Waals surface area contributed by atoms with E-state index in [0.29, 0.717) is 0 Å². The van der Waals surface area contributed by atoms with E-state index in [1.807, 2.05) is 6.92 Å². The number of hydrogen-bond donors (Lipinski definition) is 0. The first-order valence-electron chi connectivity index (χ1n) is 8.22. The third kappa shape index (κ3) is 7.54. The Kier molecular flexibility index (Phi) is 8.54. The fourth-order valence-corrected chi connectivity index (χ4v) is 2.56. The van der Waals surface area contributed by atoms with Gasteiger partial charge in [0.25, 0.3) is 0 Å². The van der Waals surface area contributed by atoms with Gasteiger partial charge in [-0.25, -0.2) is 19.6 Å². The normalized spacial score (nSPS) is 29.3. The molecule has 0 bridgehead atoms. The van der Waals surface area contributed by atoms with Crippen LogP contribution < -0.4 is 0 Å². The molecule has 0 N–H and O–H groups in total. The van der Waals surface area contributed by atoms with Gasteiger partial charge in [-0.2, -0.15) is 0 Å². The highest BCUT2D eigenvalue weighted by atomic mass is 17.3. The van der Waals surface area contributed by atoms with Gasteiger partial charge in [0.15, 0.2) is 25.7 Å². The van der Waals surface area contributed by atoms with E-state index >= 15 is 0 Å². The summed E-state index contributed by atoms with van der Waals surface area (Å²) in [6, 6.07) is 0. The van der Waals surface area contributed by atoms with Gasteiger partial charge in [0.05, 0.1) is 0 Å². The van der Waals surface area contributed by atoms with Crippen molar-refractivity contribution in [2.75, 3.05) is 6.79 Å². The van der Waals surface area contributed by atoms with Crippen molar-refractivity contribution in [3.8, 4) is 0 Å². The van der Waals surface area contributed by atoms with Crippen LogP contribution in [0, 0.1) is 0 Å². The molecule has 0 aromatic carbocycles. The fourth-order valence-electron chi connectivity index (χ4n) is 2.56. The molecule has 0 aromatic rings. The molecule has 6 nitrogen and oxygen atoms in total. The predicted molar refractivity (Wildman–Crippen MR) is 74.6 cm³/mol. The zero-order chi connectivity index (χ0) is 14.8. The SMILES string of the molecule is C[C@@H]1OO[C@@H](CCCCCCCCCCC2OCOO2)O1. The Bertz CT molecular complexity index is 257. The Morgan fingerprint density at radius 2 is 1.33 bits per heavy atom. The topological polar surface area (TPSA) is 55.4 Å². The molecule has 21 heavy (non-hydrogen) atoms.